The number of hydrogen-bond acceptors (Lipinski definition) is 1. The number of halogens is 1. The van der Waals surface area contributed by atoms with Crippen LogP contribution in [0.5, 0.6) is 5.75 Å². The molecule has 2 heteroatoms. The molecule has 1 nitrogen and oxygen atoms in total. The van der Waals surface area contributed by atoms with Gasteiger partial charge in [-0.25, -0.2) is 0 Å². The SMILES string of the molecule is COc1cc(Br)c[c]c1C. The molecule has 1 radical (unpaired) electrons. The molecule has 0 saturated carbocycles. The van der Waals surface area contributed by atoms with Crippen molar-refractivity contribution in [2.75, 3.05) is 7.11 Å². The van der Waals surface area contributed by atoms with Crippen LogP contribution in [0.25, 0.3) is 0 Å². The lowest BCUT2D eigenvalue weighted by Crippen LogP contribution is -1.85. The Kier molecular flexibility index (Phi) is 2.33. The van der Waals surface area contributed by atoms with Gasteiger partial charge in [0.1, 0.15) is 5.75 Å². The van der Waals surface area contributed by atoms with Gasteiger partial charge in [-0.1, -0.05) is 15.9 Å². The highest BCUT2D eigenvalue weighted by Crippen LogP contribution is 2.21. The molecule has 0 bridgehead atoms. The van der Waals surface area contributed by atoms with Crippen molar-refractivity contribution >= 4 is 15.9 Å². The molecule has 0 unspecified atom stereocenters. The Labute approximate surface area is 69.1 Å². The van der Waals surface area contributed by atoms with Gasteiger partial charge in [0.05, 0.1) is 7.11 Å². The van der Waals surface area contributed by atoms with Crippen molar-refractivity contribution in [3.05, 3.63) is 28.2 Å². The molecule has 0 spiro atoms. The fourth-order valence-corrected chi connectivity index (χ4v) is 1.06. The molecule has 1 aromatic rings. The molecule has 0 fully saturated rings. The molecule has 0 aliphatic carbocycles. The van der Waals surface area contributed by atoms with Crippen LogP contribution in [-0.4, -0.2) is 7.11 Å². The van der Waals surface area contributed by atoms with Crippen molar-refractivity contribution < 1.29 is 4.74 Å². The van der Waals surface area contributed by atoms with E-state index >= 15 is 0 Å². The molecule has 0 aliphatic rings. The summed E-state index contributed by atoms with van der Waals surface area (Å²) in [6.45, 7) is 1.96. The van der Waals surface area contributed by atoms with Crippen LogP contribution in [0.2, 0.25) is 0 Å². The zero-order chi connectivity index (χ0) is 7.56. The summed E-state index contributed by atoms with van der Waals surface area (Å²) < 4.78 is 6.06. The van der Waals surface area contributed by atoms with Gasteiger partial charge in [-0.15, -0.1) is 0 Å². The van der Waals surface area contributed by atoms with E-state index in [1.54, 1.807) is 7.11 Å². The van der Waals surface area contributed by atoms with Gasteiger partial charge in [0.15, 0.2) is 0 Å². The van der Waals surface area contributed by atoms with Crippen LogP contribution in [0.4, 0.5) is 0 Å². The van der Waals surface area contributed by atoms with E-state index in [1.165, 1.54) is 0 Å². The summed E-state index contributed by atoms with van der Waals surface area (Å²) in [5, 5.41) is 0. The second-order valence-corrected chi connectivity index (χ2v) is 2.93. The molecular formula is C8H8BrO. The van der Waals surface area contributed by atoms with Crippen LogP contribution in [0.1, 0.15) is 5.56 Å². The molecule has 53 valence electrons. The first kappa shape index (κ1) is 7.61. The van der Waals surface area contributed by atoms with E-state index in [4.69, 9.17) is 4.74 Å². The second kappa shape index (κ2) is 3.06. The summed E-state index contributed by atoms with van der Waals surface area (Å²) in [4.78, 5) is 0. The number of ether oxygens (including phenoxy) is 1. The third-order valence-electron chi connectivity index (χ3n) is 1.29. The standard InChI is InChI=1S/C8H8BrO/c1-6-3-4-7(9)5-8(6)10-2/h4-5H,1-2H3. The topological polar surface area (TPSA) is 9.23 Å². The molecule has 0 amide bonds. The van der Waals surface area contributed by atoms with Crippen molar-refractivity contribution in [3.63, 3.8) is 0 Å². The van der Waals surface area contributed by atoms with Gasteiger partial charge >= 0.3 is 0 Å². The fraction of sp³-hybridized carbons (Fsp3) is 0.250. The monoisotopic (exact) mass is 199 g/mol. The number of rotatable bonds is 1. The van der Waals surface area contributed by atoms with Gasteiger partial charge in [0.25, 0.3) is 0 Å². The molecular weight excluding hydrogens is 192 g/mol. The molecule has 10 heavy (non-hydrogen) atoms. The zero-order valence-electron chi connectivity index (χ0n) is 5.94. The first-order chi connectivity index (χ1) is 4.74. The minimum atomic E-state index is 0.870. The van der Waals surface area contributed by atoms with Gasteiger partial charge < -0.3 is 4.74 Å². The van der Waals surface area contributed by atoms with Crippen molar-refractivity contribution in [3.8, 4) is 5.75 Å². The third kappa shape index (κ3) is 1.51. The average Bonchev–Trinajstić information content (AvgIpc) is 1.94. The Hall–Kier alpha value is -0.500. The van der Waals surface area contributed by atoms with Crippen LogP contribution in [0.15, 0.2) is 16.6 Å². The van der Waals surface area contributed by atoms with Crippen molar-refractivity contribution in [1.82, 2.24) is 0 Å². The largest absolute Gasteiger partial charge is 0.496 e. The van der Waals surface area contributed by atoms with E-state index in [2.05, 4.69) is 22.0 Å². The van der Waals surface area contributed by atoms with Crippen LogP contribution in [0, 0.1) is 13.0 Å². The third-order valence-corrected chi connectivity index (χ3v) is 1.74. The molecule has 0 aromatic heterocycles. The maximum atomic E-state index is 5.06. The average molecular weight is 200 g/mol. The Bertz CT molecular complexity index is 233. The molecule has 0 N–H and O–H groups in total. The summed E-state index contributed by atoms with van der Waals surface area (Å²) in [6, 6.07) is 6.84. The van der Waals surface area contributed by atoms with E-state index in [-0.39, 0.29) is 0 Å². The van der Waals surface area contributed by atoms with Crippen molar-refractivity contribution in [2.24, 2.45) is 0 Å². The second-order valence-electron chi connectivity index (χ2n) is 2.01. The highest BCUT2D eigenvalue weighted by Gasteiger charge is 1.96. The normalized spacial score (nSPS) is 9.50. The summed E-state index contributed by atoms with van der Waals surface area (Å²) in [6.07, 6.45) is 0. The van der Waals surface area contributed by atoms with Gasteiger partial charge in [-0.05, 0) is 30.7 Å². The number of hydrogen-bond donors (Lipinski definition) is 0. The lowest BCUT2D eigenvalue weighted by Gasteiger charge is -2.02. The molecule has 1 rings (SSSR count). The predicted octanol–water partition coefficient (Wildman–Crippen LogP) is 2.57. The first-order valence-electron chi connectivity index (χ1n) is 2.96. The van der Waals surface area contributed by atoms with Crippen molar-refractivity contribution in [2.45, 2.75) is 6.92 Å². The Morgan fingerprint density at radius 2 is 2.30 bits per heavy atom. The number of aryl methyl sites for hydroxylation is 1. The van der Waals surface area contributed by atoms with Crippen LogP contribution >= 0.6 is 15.9 Å². The predicted molar refractivity (Wildman–Crippen MR) is 44.3 cm³/mol. The quantitative estimate of drug-likeness (QED) is 0.676. The fourth-order valence-electron chi connectivity index (χ4n) is 0.736. The Morgan fingerprint density at radius 3 is 2.80 bits per heavy atom. The molecule has 0 aliphatic heterocycles. The Balaban J connectivity index is 3.09. The van der Waals surface area contributed by atoms with Crippen LogP contribution in [0.3, 0.4) is 0 Å². The van der Waals surface area contributed by atoms with Gasteiger partial charge in [-0.3, -0.25) is 0 Å². The summed E-state index contributed by atoms with van der Waals surface area (Å²) in [7, 11) is 1.66. The van der Waals surface area contributed by atoms with Crippen molar-refractivity contribution in [1.29, 1.82) is 0 Å². The maximum Gasteiger partial charge on any atom is 0.123 e. The molecule has 0 saturated heterocycles. The minimum Gasteiger partial charge on any atom is -0.496 e. The molecule has 0 atom stereocenters. The highest BCUT2D eigenvalue weighted by atomic mass is 79.9. The first-order valence-corrected chi connectivity index (χ1v) is 3.75. The highest BCUT2D eigenvalue weighted by molar-refractivity contribution is 9.10. The number of benzene rings is 1. The van der Waals surface area contributed by atoms with E-state index in [0.717, 1.165) is 15.8 Å². The van der Waals surface area contributed by atoms with E-state index in [9.17, 15) is 0 Å². The minimum absolute atomic E-state index is 0.870. The van der Waals surface area contributed by atoms with Crippen LogP contribution < -0.4 is 4.74 Å². The van der Waals surface area contributed by atoms with E-state index in [1.807, 2.05) is 19.1 Å². The van der Waals surface area contributed by atoms with Crippen LogP contribution in [-0.2, 0) is 0 Å². The lowest BCUT2D eigenvalue weighted by molar-refractivity contribution is 0.411. The van der Waals surface area contributed by atoms with Gasteiger partial charge in [0.2, 0.25) is 0 Å². The smallest absolute Gasteiger partial charge is 0.123 e. The summed E-state index contributed by atoms with van der Waals surface area (Å²) in [5.41, 5.74) is 1.03. The zero-order valence-corrected chi connectivity index (χ0v) is 7.53. The van der Waals surface area contributed by atoms with E-state index in [0.29, 0.717) is 0 Å². The maximum absolute atomic E-state index is 5.06. The van der Waals surface area contributed by atoms with E-state index < -0.39 is 0 Å². The summed E-state index contributed by atoms with van der Waals surface area (Å²) >= 11 is 3.33. The molecule has 1 aromatic carbocycles. The summed E-state index contributed by atoms with van der Waals surface area (Å²) in [5.74, 6) is 0.870. The lowest BCUT2D eigenvalue weighted by atomic mass is 10.2. The molecule has 0 heterocycles. The van der Waals surface area contributed by atoms with Gasteiger partial charge in [0, 0.05) is 4.47 Å². The van der Waals surface area contributed by atoms with Gasteiger partial charge in [-0.2, -0.15) is 0 Å². The Morgan fingerprint density at radius 1 is 1.60 bits per heavy atom. The number of methoxy groups -OCH3 is 1.